The minimum atomic E-state index is -0.691. The maximum atomic E-state index is 11.4. The van der Waals surface area contributed by atoms with Crippen LogP contribution in [0.2, 0.25) is 0 Å². The summed E-state index contributed by atoms with van der Waals surface area (Å²) in [4.78, 5) is 16.1. The lowest BCUT2D eigenvalue weighted by Gasteiger charge is -2.16. The molecule has 2 N–H and O–H groups in total. The summed E-state index contributed by atoms with van der Waals surface area (Å²) in [5.74, 6) is -1.18. The van der Waals surface area contributed by atoms with E-state index in [1.54, 1.807) is 20.8 Å². The normalized spacial score (nSPS) is 11.4. The van der Waals surface area contributed by atoms with E-state index >= 15 is 0 Å². The Labute approximate surface area is 81.5 Å². The summed E-state index contributed by atoms with van der Waals surface area (Å²) >= 11 is 0. The van der Waals surface area contributed by atoms with E-state index in [0.29, 0.717) is 4.73 Å². The van der Waals surface area contributed by atoms with Gasteiger partial charge in [-0.05, 0) is 20.8 Å². The van der Waals surface area contributed by atoms with Crippen LogP contribution in [0.1, 0.15) is 20.8 Å². The second-order valence-electron chi connectivity index (χ2n) is 3.97. The fourth-order valence-electron chi connectivity index (χ4n) is 0.715. The van der Waals surface area contributed by atoms with Gasteiger partial charge in [0.05, 0.1) is 5.41 Å². The molecule has 0 aliphatic carbocycles. The van der Waals surface area contributed by atoms with Crippen molar-refractivity contribution in [3.63, 3.8) is 0 Å². The molecule has 1 aromatic heterocycles. The van der Waals surface area contributed by atoms with E-state index in [2.05, 4.69) is 0 Å². The molecule has 0 atom stereocenters. The van der Waals surface area contributed by atoms with Crippen LogP contribution in [0.3, 0.4) is 0 Å². The van der Waals surface area contributed by atoms with Gasteiger partial charge in [0.15, 0.2) is 0 Å². The summed E-state index contributed by atoms with van der Waals surface area (Å²) in [5.41, 5.74) is -0.691. The number of aromatic nitrogens is 1. The molecule has 0 amide bonds. The van der Waals surface area contributed by atoms with E-state index < -0.39 is 11.4 Å². The minimum Gasteiger partial charge on any atom is -0.492 e. The summed E-state index contributed by atoms with van der Waals surface area (Å²) in [5, 5.41) is 18.3. The molecule has 0 radical (unpaired) electrons. The number of carbonyl (C=O) groups excluding carboxylic acids is 1. The Morgan fingerprint density at radius 3 is 2.07 bits per heavy atom. The van der Waals surface area contributed by atoms with Crippen LogP contribution in [0.15, 0.2) is 12.1 Å². The number of aromatic hydroxyl groups is 2. The van der Waals surface area contributed by atoms with Crippen LogP contribution in [-0.4, -0.2) is 20.9 Å². The van der Waals surface area contributed by atoms with Gasteiger partial charge < -0.3 is 15.1 Å². The summed E-state index contributed by atoms with van der Waals surface area (Å²) in [6, 6.07) is 2.45. The summed E-state index contributed by atoms with van der Waals surface area (Å²) in [7, 11) is 0. The molecule has 0 saturated heterocycles. The van der Waals surface area contributed by atoms with E-state index in [4.69, 9.17) is 4.84 Å². The zero-order valence-electron chi connectivity index (χ0n) is 8.31. The van der Waals surface area contributed by atoms with Crippen LogP contribution < -0.4 is 4.84 Å². The second-order valence-corrected chi connectivity index (χ2v) is 3.97. The fourth-order valence-corrected chi connectivity index (χ4v) is 0.715. The number of carbonyl (C=O) groups is 1. The Kier molecular flexibility index (Phi) is 2.42. The monoisotopic (exact) mass is 199 g/mol. The van der Waals surface area contributed by atoms with E-state index in [-0.39, 0.29) is 11.8 Å². The number of hydrogen-bond acceptors (Lipinski definition) is 4. The zero-order chi connectivity index (χ0) is 10.9. The van der Waals surface area contributed by atoms with Gasteiger partial charge >= 0.3 is 5.97 Å². The number of hydrogen-bond donors (Lipinski definition) is 2. The Bertz CT molecular complexity index is 329. The standard InChI is InChI=1S/C9H13NO4/c1-9(2,3)8(13)14-10-6(11)4-5-7(10)12/h4-5,11-12H,1-3H3. The number of nitrogens with zero attached hydrogens (tertiary/aromatic N) is 1. The molecule has 0 fully saturated rings. The maximum absolute atomic E-state index is 11.4. The van der Waals surface area contributed by atoms with Gasteiger partial charge in [-0.25, -0.2) is 4.79 Å². The van der Waals surface area contributed by atoms with Crippen LogP contribution in [-0.2, 0) is 4.79 Å². The summed E-state index contributed by atoms with van der Waals surface area (Å²) < 4.78 is 0.674. The highest BCUT2D eigenvalue weighted by atomic mass is 16.7. The highest BCUT2D eigenvalue weighted by Gasteiger charge is 2.25. The van der Waals surface area contributed by atoms with Gasteiger partial charge in [0.2, 0.25) is 11.8 Å². The van der Waals surface area contributed by atoms with Gasteiger partial charge in [0.25, 0.3) is 0 Å². The average Bonchev–Trinajstić information content (AvgIpc) is 2.34. The van der Waals surface area contributed by atoms with Crippen LogP contribution in [0.5, 0.6) is 11.8 Å². The van der Waals surface area contributed by atoms with E-state index in [9.17, 15) is 15.0 Å². The highest BCUT2D eigenvalue weighted by Crippen LogP contribution is 2.21. The molecule has 0 bridgehead atoms. The first-order valence-electron chi connectivity index (χ1n) is 4.15. The quantitative estimate of drug-likeness (QED) is 0.704. The van der Waals surface area contributed by atoms with Gasteiger partial charge in [-0.15, -0.1) is 4.73 Å². The van der Waals surface area contributed by atoms with Gasteiger partial charge in [0, 0.05) is 12.1 Å². The van der Waals surface area contributed by atoms with Crippen molar-refractivity contribution < 1.29 is 19.8 Å². The molecule has 0 aliphatic rings. The van der Waals surface area contributed by atoms with Gasteiger partial charge in [0.1, 0.15) is 0 Å². The van der Waals surface area contributed by atoms with Crippen molar-refractivity contribution in [1.82, 2.24) is 4.73 Å². The molecule has 0 saturated carbocycles. The Balaban J connectivity index is 2.85. The molecule has 1 heterocycles. The van der Waals surface area contributed by atoms with Crippen molar-refractivity contribution in [2.45, 2.75) is 20.8 Å². The fraction of sp³-hybridized carbons (Fsp3) is 0.444. The first-order chi connectivity index (χ1) is 6.32. The molecule has 78 valence electrons. The topological polar surface area (TPSA) is 71.7 Å². The van der Waals surface area contributed by atoms with Crippen molar-refractivity contribution in [3.05, 3.63) is 12.1 Å². The molecule has 0 spiro atoms. The van der Waals surface area contributed by atoms with Crippen molar-refractivity contribution in [3.8, 4) is 11.8 Å². The van der Waals surface area contributed by atoms with Gasteiger partial charge in [-0.2, -0.15) is 0 Å². The molecule has 5 heteroatoms. The predicted molar refractivity (Wildman–Crippen MR) is 48.8 cm³/mol. The Hall–Kier alpha value is -1.65. The van der Waals surface area contributed by atoms with E-state index in [1.165, 1.54) is 12.1 Å². The maximum Gasteiger partial charge on any atom is 0.338 e. The molecule has 0 aliphatic heterocycles. The first kappa shape index (κ1) is 10.4. The zero-order valence-corrected chi connectivity index (χ0v) is 8.31. The third kappa shape index (κ3) is 1.99. The average molecular weight is 199 g/mol. The lowest BCUT2D eigenvalue weighted by atomic mass is 9.98. The predicted octanol–water partition coefficient (Wildman–Crippen LogP) is 0.901. The lowest BCUT2D eigenvalue weighted by molar-refractivity contribution is -0.154. The third-order valence-electron chi connectivity index (χ3n) is 1.58. The molecule has 0 aromatic carbocycles. The van der Waals surface area contributed by atoms with E-state index in [0.717, 1.165) is 0 Å². The highest BCUT2D eigenvalue weighted by molar-refractivity contribution is 5.75. The molecule has 5 nitrogen and oxygen atoms in total. The van der Waals surface area contributed by atoms with Gasteiger partial charge in [-0.1, -0.05) is 0 Å². The largest absolute Gasteiger partial charge is 0.492 e. The van der Waals surface area contributed by atoms with Crippen molar-refractivity contribution in [2.24, 2.45) is 5.41 Å². The Morgan fingerprint density at radius 1 is 1.29 bits per heavy atom. The van der Waals surface area contributed by atoms with Crippen molar-refractivity contribution in [2.75, 3.05) is 0 Å². The van der Waals surface area contributed by atoms with Crippen molar-refractivity contribution in [1.29, 1.82) is 0 Å². The summed E-state index contributed by atoms with van der Waals surface area (Å²) in [6.07, 6.45) is 0. The minimum absolute atomic E-state index is 0.319. The third-order valence-corrected chi connectivity index (χ3v) is 1.58. The SMILES string of the molecule is CC(C)(C)C(=O)On1c(O)ccc1O. The molecule has 14 heavy (non-hydrogen) atoms. The number of rotatable bonds is 1. The van der Waals surface area contributed by atoms with Crippen LogP contribution in [0, 0.1) is 5.41 Å². The Morgan fingerprint density at radius 2 is 1.71 bits per heavy atom. The molecule has 1 aromatic rings. The van der Waals surface area contributed by atoms with Crippen LogP contribution >= 0.6 is 0 Å². The molecule has 0 unspecified atom stereocenters. The molecular formula is C9H13NO4. The second kappa shape index (κ2) is 3.25. The summed E-state index contributed by atoms with van der Waals surface area (Å²) in [6.45, 7) is 5.02. The van der Waals surface area contributed by atoms with Crippen LogP contribution in [0.25, 0.3) is 0 Å². The molecular weight excluding hydrogens is 186 g/mol. The van der Waals surface area contributed by atoms with Gasteiger partial charge in [-0.3, -0.25) is 0 Å². The first-order valence-corrected chi connectivity index (χ1v) is 4.15. The lowest BCUT2D eigenvalue weighted by Crippen LogP contribution is -2.30. The molecule has 1 rings (SSSR count). The van der Waals surface area contributed by atoms with Crippen LogP contribution in [0.4, 0.5) is 0 Å². The van der Waals surface area contributed by atoms with Crippen molar-refractivity contribution >= 4 is 5.97 Å². The van der Waals surface area contributed by atoms with E-state index in [1.807, 2.05) is 0 Å². The smallest absolute Gasteiger partial charge is 0.338 e.